The minimum absolute atomic E-state index is 0.898. The van der Waals surface area contributed by atoms with Gasteiger partial charge in [-0.2, -0.15) is 10.2 Å². The van der Waals surface area contributed by atoms with Gasteiger partial charge in [0, 0.05) is 51.1 Å². The summed E-state index contributed by atoms with van der Waals surface area (Å²) in [6.07, 6.45) is 3.00. The van der Waals surface area contributed by atoms with Gasteiger partial charge >= 0.3 is 0 Å². The predicted octanol–water partition coefficient (Wildman–Crippen LogP) is 0.466. The van der Waals surface area contributed by atoms with E-state index in [0.717, 1.165) is 30.9 Å². The van der Waals surface area contributed by atoms with Gasteiger partial charge in [0.05, 0.1) is 0 Å². The van der Waals surface area contributed by atoms with Gasteiger partial charge < -0.3 is 5.32 Å². The first-order valence-corrected chi connectivity index (χ1v) is 5.51. The zero-order valence-electron chi connectivity index (χ0n) is 9.56. The van der Waals surface area contributed by atoms with Crippen molar-refractivity contribution in [3.05, 3.63) is 23.5 Å². The Labute approximate surface area is 94.1 Å². The van der Waals surface area contributed by atoms with Crippen molar-refractivity contribution in [3.8, 4) is 11.4 Å². The van der Waals surface area contributed by atoms with Gasteiger partial charge in [-0.05, 0) is 6.07 Å². The third kappa shape index (κ3) is 1.36. The van der Waals surface area contributed by atoms with Crippen molar-refractivity contribution in [1.82, 2.24) is 24.9 Å². The zero-order valence-corrected chi connectivity index (χ0v) is 9.56. The van der Waals surface area contributed by atoms with Crippen molar-refractivity contribution in [1.29, 1.82) is 0 Å². The summed E-state index contributed by atoms with van der Waals surface area (Å²) in [6.45, 7) is 1.93. The molecule has 1 aliphatic heterocycles. The smallest absolute Gasteiger partial charge is 0.117 e. The van der Waals surface area contributed by atoms with Crippen LogP contribution in [0.5, 0.6) is 0 Å². The molecule has 0 spiro atoms. The van der Waals surface area contributed by atoms with E-state index in [2.05, 4.69) is 15.5 Å². The van der Waals surface area contributed by atoms with Crippen molar-refractivity contribution in [2.24, 2.45) is 14.1 Å². The Morgan fingerprint density at radius 1 is 1.31 bits per heavy atom. The van der Waals surface area contributed by atoms with Gasteiger partial charge in [-0.25, -0.2) is 0 Å². The van der Waals surface area contributed by atoms with E-state index in [1.165, 1.54) is 11.3 Å². The lowest BCUT2D eigenvalue weighted by molar-refractivity contribution is 0.604. The number of nitrogens with one attached hydrogen (secondary N) is 1. The van der Waals surface area contributed by atoms with Crippen LogP contribution in [0, 0.1) is 0 Å². The lowest BCUT2D eigenvalue weighted by Gasteiger charge is -2.13. The Bertz CT molecular complexity index is 522. The molecular formula is C11H15N5. The minimum atomic E-state index is 0.898. The molecule has 0 saturated heterocycles. The molecule has 5 nitrogen and oxygen atoms in total. The van der Waals surface area contributed by atoms with Gasteiger partial charge in [0.2, 0.25) is 0 Å². The van der Waals surface area contributed by atoms with E-state index in [0.29, 0.717) is 0 Å². The molecule has 0 atom stereocenters. The maximum atomic E-state index is 4.58. The van der Waals surface area contributed by atoms with Crippen LogP contribution in [0.15, 0.2) is 12.3 Å². The number of aryl methyl sites for hydroxylation is 2. The van der Waals surface area contributed by atoms with Crippen molar-refractivity contribution in [2.75, 3.05) is 6.54 Å². The van der Waals surface area contributed by atoms with Gasteiger partial charge in [0.15, 0.2) is 0 Å². The summed E-state index contributed by atoms with van der Waals surface area (Å²) in [5, 5.41) is 12.4. The normalized spacial score (nSPS) is 15.1. The van der Waals surface area contributed by atoms with Gasteiger partial charge in [-0.1, -0.05) is 0 Å². The van der Waals surface area contributed by atoms with E-state index >= 15 is 0 Å². The van der Waals surface area contributed by atoms with Crippen molar-refractivity contribution in [3.63, 3.8) is 0 Å². The standard InChI is InChI=1S/C11H15N5/c1-15-6-4-9(13-15)11-8-7-12-5-3-10(8)16(2)14-11/h4,6,12H,3,5,7H2,1-2H3. The molecule has 0 amide bonds. The summed E-state index contributed by atoms with van der Waals surface area (Å²) in [7, 11) is 3.94. The van der Waals surface area contributed by atoms with Crippen LogP contribution in [0.1, 0.15) is 11.3 Å². The van der Waals surface area contributed by atoms with E-state index in [1.807, 2.05) is 35.7 Å². The van der Waals surface area contributed by atoms with Crippen molar-refractivity contribution in [2.45, 2.75) is 13.0 Å². The summed E-state index contributed by atoms with van der Waals surface area (Å²) >= 11 is 0. The summed E-state index contributed by atoms with van der Waals surface area (Å²) in [6, 6.07) is 2.01. The van der Waals surface area contributed by atoms with Crippen LogP contribution in [0.2, 0.25) is 0 Å². The molecule has 0 saturated carbocycles. The highest BCUT2D eigenvalue weighted by atomic mass is 15.3. The Morgan fingerprint density at radius 2 is 2.19 bits per heavy atom. The Morgan fingerprint density at radius 3 is 2.94 bits per heavy atom. The Balaban J connectivity index is 2.14. The highest BCUT2D eigenvalue weighted by Gasteiger charge is 2.20. The van der Waals surface area contributed by atoms with Gasteiger partial charge in [-0.15, -0.1) is 0 Å². The molecule has 2 aromatic heterocycles. The maximum absolute atomic E-state index is 4.58. The lowest BCUT2D eigenvalue weighted by atomic mass is 10.1. The first-order chi connectivity index (χ1) is 7.75. The molecule has 84 valence electrons. The van der Waals surface area contributed by atoms with E-state index in [9.17, 15) is 0 Å². The van der Waals surface area contributed by atoms with Crippen LogP contribution >= 0.6 is 0 Å². The first-order valence-electron chi connectivity index (χ1n) is 5.51. The first kappa shape index (κ1) is 9.59. The largest absolute Gasteiger partial charge is 0.312 e. The van der Waals surface area contributed by atoms with Gasteiger partial charge in [0.1, 0.15) is 11.4 Å². The fourth-order valence-electron chi connectivity index (χ4n) is 2.27. The highest BCUT2D eigenvalue weighted by Crippen LogP contribution is 2.25. The molecule has 2 aromatic rings. The summed E-state index contributed by atoms with van der Waals surface area (Å²) in [4.78, 5) is 0. The van der Waals surface area contributed by atoms with Crippen LogP contribution in [0.4, 0.5) is 0 Å². The van der Waals surface area contributed by atoms with Crippen LogP contribution < -0.4 is 5.32 Å². The second-order valence-corrected chi connectivity index (χ2v) is 4.20. The molecule has 3 heterocycles. The third-order valence-corrected chi connectivity index (χ3v) is 3.07. The van der Waals surface area contributed by atoms with Gasteiger partial charge in [-0.3, -0.25) is 9.36 Å². The molecule has 0 fully saturated rings. The molecule has 0 bridgehead atoms. The second-order valence-electron chi connectivity index (χ2n) is 4.20. The molecule has 0 radical (unpaired) electrons. The van der Waals surface area contributed by atoms with Crippen LogP contribution in [-0.4, -0.2) is 26.1 Å². The fraction of sp³-hybridized carbons (Fsp3) is 0.455. The molecule has 1 aliphatic rings. The molecule has 3 rings (SSSR count). The SMILES string of the molecule is Cn1ccc(-c2nn(C)c3c2CNCC3)n1. The number of fused-ring (bicyclic) bond motifs is 1. The lowest BCUT2D eigenvalue weighted by Crippen LogP contribution is -2.24. The number of hydrogen-bond acceptors (Lipinski definition) is 3. The Kier molecular flexibility index (Phi) is 2.07. The molecular weight excluding hydrogens is 202 g/mol. The number of aromatic nitrogens is 4. The highest BCUT2D eigenvalue weighted by molar-refractivity contribution is 5.60. The third-order valence-electron chi connectivity index (χ3n) is 3.07. The Hall–Kier alpha value is -1.62. The summed E-state index contributed by atoms with van der Waals surface area (Å²) in [5.74, 6) is 0. The van der Waals surface area contributed by atoms with E-state index in [-0.39, 0.29) is 0 Å². The van der Waals surface area contributed by atoms with Crippen molar-refractivity contribution < 1.29 is 0 Å². The molecule has 0 aromatic carbocycles. The monoisotopic (exact) mass is 217 g/mol. The van der Waals surface area contributed by atoms with Crippen molar-refractivity contribution >= 4 is 0 Å². The molecule has 0 aliphatic carbocycles. The van der Waals surface area contributed by atoms with E-state index < -0.39 is 0 Å². The number of rotatable bonds is 1. The average molecular weight is 217 g/mol. The van der Waals surface area contributed by atoms with Gasteiger partial charge in [0.25, 0.3) is 0 Å². The average Bonchev–Trinajstić information content (AvgIpc) is 2.84. The van der Waals surface area contributed by atoms with E-state index in [1.54, 1.807) is 0 Å². The molecule has 1 N–H and O–H groups in total. The zero-order chi connectivity index (χ0) is 11.1. The molecule has 16 heavy (non-hydrogen) atoms. The van der Waals surface area contributed by atoms with Crippen LogP contribution in [0.3, 0.4) is 0 Å². The van der Waals surface area contributed by atoms with Crippen LogP contribution in [-0.2, 0) is 27.1 Å². The van der Waals surface area contributed by atoms with Crippen LogP contribution in [0.25, 0.3) is 11.4 Å². The molecule has 5 heteroatoms. The topological polar surface area (TPSA) is 47.7 Å². The number of nitrogens with zero attached hydrogens (tertiary/aromatic N) is 4. The fourth-order valence-corrected chi connectivity index (χ4v) is 2.27. The summed E-state index contributed by atoms with van der Waals surface area (Å²) < 4.78 is 3.80. The van der Waals surface area contributed by atoms with E-state index in [4.69, 9.17) is 0 Å². The quantitative estimate of drug-likeness (QED) is 0.755. The second kappa shape index (κ2) is 3.45. The predicted molar refractivity (Wildman–Crippen MR) is 60.8 cm³/mol. The number of hydrogen-bond donors (Lipinski definition) is 1. The molecule has 0 unspecified atom stereocenters. The minimum Gasteiger partial charge on any atom is -0.312 e. The summed E-state index contributed by atoms with van der Waals surface area (Å²) in [5.41, 5.74) is 4.61. The maximum Gasteiger partial charge on any atom is 0.117 e.